The molecule has 5 N–H and O–H groups in total. The molecule has 4 rings (SSSR count). The number of nitrogens with zero attached hydrogens (tertiary/aromatic N) is 2. The Hall–Kier alpha value is -3.29. The number of nitrogen functional groups attached to an aromatic ring is 2. The largest absolute Gasteiger partial charge is 0.417 e. The maximum absolute atomic E-state index is 13.5. The third kappa shape index (κ3) is 2.42. The van der Waals surface area contributed by atoms with Gasteiger partial charge in [0.05, 0.1) is 22.0 Å². The fourth-order valence-corrected chi connectivity index (χ4v) is 3.28. The Morgan fingerprint density at radius 2 is 1.73 bits per heavy atom. The second-order valence-corrected chi connectivity index (χ2v) is 6.07. The van der Waals surface area contributed by atoms with Crippen molar-refractivity contribution in [2.24, 2.45) is 0 Å². The minimum absolute atomic E-state index is 0.0309. The Bertz CT molecular complexity index is 1160. The summed E-state index contributed by atoms with van der Waals surface area (Å²) in [4.78, 5) is 11.3. The Labute approximate surface area is 145 Å². The van der Waals surface area contributed by atoms with Gasteiger partial charge in [-0.3, -0.25) is 0 Å². The van der Waals surface area contributed by atoms with E-state index < -0.39 is 11.7 Å². The number of anilines is 2. The summed E-state index contributed by atoms with van der Waals surface area (Å²) in [6.07, 6.45) is -4.48. The van der Waals surface area contributed by atoms with E-state index in [1.165, 1.54) is 12.1 Å². The fraction of sp³-hybridized carbons (Fsp3) is 0.111. The second kappa shape index (κ2) is 5.35. The van der Waals surface area contributed by atoms with E-state index in [-0.39, 0.29) is 17.3 Å². The molecule has 2 aromatic carbocycles. The summed E-state index contributed by atoms with van der Waals surface area (Å²) >= 11 is 0. The monoisotopic (exact) mass is 357 g/mol. The van der Waals surface area contributed by atoms with Crippen molar-refractivity contribution in [3.05, 3.63) is 47.7 Å². The highest BCUT2D eigenvalue weighted by Gasteiger charge is 2.34. The number of aryl methyl sites for hydroxylation is 1. The van der Waals surface area contributed by atoms with E-state index in [1.54, 1.807) is 12.1 Å². The lowest BCUT2D eigenvalue weighted by Gasteiger charge is -2.15. The quantitative estimate of drug-likeness (QED) is 0.474. The number of fused-ring (bicyclic) bond motifs is 3. The standard InChI is InChI=1S/C18H14F3N5/c1-8-6-11-14-13(25-17(23)26-16(14)22)7-10(15(11)24-8)9-4-2-3-5-12(9)18(19,20)21/h2-7,24H,1H3,(H4,22,23,25,26). The molecule has 0 amide bonds. The summed E-state index contributed by atoms with van der Waals surface area (Å²) < 4.78 is 40.5. The number of benzene rings is 2. The van der Waals surface area contributed by atoms with Crippen molar-refractivity contribution in [1.82, 2.24) is 15.0 Å². The topological polar surface area (TPSA) is 93.6 Å². The number of alkyl halides is 3. The number of aromatic amines is 1. The van der Waals surface area contributed by atoms with E-state index in [2.05, 4.69) is 15.0 Å². The normalized spacial score (nSPS) is 12.2. The molecule has 26 heavy (non-hydrogen) atoms. The van der Waals surface area contributed by atoms with Crippen LogP contribution in [0.5, 0.6) is 0 Å². The minimum Gasteiger partial charge on any atom is -0.383 e. The third-order valence-electron chi connectivity index (χ3n) is 4.28. The van der Waals surface area contributed by atoms with Crippen LogP contribution in [0.15, 0.2) is 36.4 Å². The van der Waals surface area contributed by atoms with Crippen molar-refractivity contribution in [3.8, 4) is 11.1 Å². The van der Waals surface area contributed by atoms with Crippen LogP contribution in [0.1, 0.15) is 11.3 Å². The third-order valence-corrected chi connectivity index (χ3v) is 4.28. The maximum atomic E-state index is 13.5. The van der Waals surface area contributed by atoms with E-state index >= 15 is 0 Å². The highest BCUT2D eigenvalue weighted by Crippen LogP contribution is 2.42. The maximum Gasteiger partial charge on any atom is 0.417 e. The summed E-state index contributed by atoms with van der Waals surface area (Å²) in [5, 5.41) is 1.22. The van der Waals surface area contributed by atoms with Gasteiger partial charge in [-0.15, -0.1) is 0 Å². The van der Waals surface area contributed by atoms with Crippen LogP contribution < -0.4 is 11.5 Å². The van der Waals surface area contributed by atoms with Crippen LogP contribution in [0.25, 0.3) is 32.9 Å². The molecule has 0 radical (unpaired) electrons. The summed E-state index contributed by atoms with van der Waals surface area (Å²) in [5.41, 5.74) is 13.1. The highest BCUT2D eigenvalue weighted by atomic mass is 19.4. The number of nitrogens with two attached hydrogens (primary N) is 2. The van der Waals surface area contributed by atoms with Crippen LogP contribution in [0.3, 0.4) is 0 Å². The zero-order valence-corrected chi connectivity index (χ0v) is 13.6. The Kier molecular flexibility index (Phi) is 3.33. The molecule has 132 valence electrons. The predicted octanol–water partition coefficient (Wildman–Crippen LogP) is 4.27. The van der Waals surface area contributed by atoms with Crippen molar-refractivity contribution in [1.29, 1.82) is 0 Å². The first-order chi connectivity index (χ1) is 12.3. The zero-order valence-electron chi connectivity index (χ0n) is 13.6. The molecular weight excluding hydrogens is 343 g/mol. The van der Waals surface area contributed by atoms with Crippen LogP contribution in [-0.2, 0) is 6.18 Å². The summed E-state index contributed by atoms with van der Waals surface area (Å²) in [6.45, 7) is 1.82. The molecule has 0 atom stereocenters. The van der Waals surface area contributed by atoms with Crippen molar-refractivity contribution >= 4 is 33.6 Å². The Balaban J connectivity index is 2.18. The average molecular weight is 357 g/mol. The van der Waals surface area contributed by atoms with Gasteiger partial charge >= 0.3 is 6.18 Å². The van der Waals surface area contributed by atoms with Crippen molar-refractivity contribution in [2.45, 2.75) is 13.1 Å². The molecule has 0 fully saturated rings. The zero-order chi connectivity index (χ0) is 18.6. The molecule has 0 saturated heterocycles. The number of rotatable bonds is 1. The molecule has 0 aliphatic rings. The summed E-state index contributed by atoms with van der Waals surface area (Å²) in [6, 6.07) is 8.80. The van der Waals surface area contributed by atoms with Crippen LogP contribution in [0, 0.1) is 6.92 Å². The molecule has 0 unspecified atom stereocenters. The van der Waals surface area contributed by atoms with E-state index in [0.717, 1.165) is 11.8 Å². The fourth-order valence-electron chi connectivity index (χ4n) is 3.28. The van der Waals surface area contributed by atoms with Gasteiger partial charge in [-0.25, -0.2) is 4.98 Å². The molecule has 4 aromatic rings. The van der Waals surface area contributed by atoms with Gasteiger partial charge in [0.1, 0.15) is 5.82 Å². The first-order valence-electron chi connectivity index (χ1n) is 7.77. The van der Waals surface area contributed by atoms with Crippen LogP contribution in [0.4, 0.5) is 24.9 Å². The molecule has 0 saturated carbocycles. The number of hydrogen-bond donors (Lipinski definition) is 3. The van der Waals surface area contributed by atoms with Gasteiger partial charge in [-0.2, -0.15) is 18.2 Å². The molecular formula is C18H14F3N5. The van der Waals surface area contributed by atoms with Crippen LogP contribution in [0.2, 0.25) is 0 Å². The number of H-pyrrole nitrogens is 1. The first-order valence-corrected chi connectivity index (χ1v) is 7.77. The van der Waals surface area contributed by atoms with Gasteiger partial charge in [-0.1, -0.05) is 18.2 Å². The number of halogens is 3. The lowest BCUT2D eigenvalue weighted by Crippen LogP contribution is -2.07. The van der Waals surface area contributed by atoms with Gasteiger partial charge in [-0.05, 0) is 30.7 Å². The van der Waals surface area contributed by atoms with E-state index in [1.807, 2.05) is 13.0 Å². The van der Waals surface area contributed by atoms with E-state index in [0.29, 0.717) is 27.4 Å². The van der Waals surface area contributed by atoms with Crippen molar-refractivity contribution in [2.75, 3.05) is 11.5 Å². The second-order valence-electron chi connectivity index (χ2n) is 6.07. The molecule has 8 heteroatoms. The van der Waals surface area contributed by atoms with Gasteiger partial charge in [0.2, 0.25) is 5.95 Å². The van der Waals surface area contributed by atoms with Gasteiger partial charge < -0.3 is 16.5 Å². The molecule has 0 aliphatic carbocycles. The van der Waals surface area contributed by atoms with E-state index in [9.17, 15) is 13.2 Å². The molecule has 2 heterocycles. The SMILES string of the molecule is Cc1cc2c([nH]1)c(-c1ccccc1C(F)(F)F)cc1nc(N)nc(N)c12. The van der Waals surface area contributed by atoms with Crippen molar-refractivity contribution in [3.63, 3.8) is 0 Å². The predicted molar refractivity (Wildman–Crippen MR) is 95.4 cm³/mol. The number of hydrogen-bond acceptors (Lipinski definition) is 4. The molecule has 0 aliphatic heterocycles. The van der Waals surface area contributed by atoms with Crippen LogP contribution >= 0.6 is 0 Å². The molecule has 0 spiro atoms. The number of aromatic nitrogens is 3. The van der Waals surface area contributed by atoms with Gasteiger partial charge in [0.25, 0.3) is 0 Å². The van der Waals surface area contributed by atoms with E-state index in [4.69, 9.17) is 11.5 Å². The lowest BCUT2D eigenvalue weighted by molar-refractivity contribution is -0.137. The highest BCUT2D eigenvalue weighted by molar-refractivity contribution is 6.15. The summed E-state index contributed by atoms with van der Waals surface area (Å²) in [7, 11) is 0. The smallest absolute Gasteiger partial charge is 0.383 e. The Morgan fingerprint density at radius 3 is 2.46 bits per heavy atom. The van der Waals surface area contributed by atoms with Gasteiger partial charge in [0, 0.05) is 16.6 Å². The first kappa shape index (κ1) is 16.2. The molecule has 2 aromatic heterocycles. The minimum atomic E-state index is -4.48. The lowest BCUT2D eigenvalue weighted by atomic mass is 9.95. The summed E-state index contributed by atoms with van der Waals surface area (Å²) in [5.74, 6) is 0.156. The van der Waals surface area contributed by atoms with Crippen LogP contribution in [-0.4, -0.2) is 15.0 Å². The van der Waals surface area contributed by atoms with Gasteiger partial charge in [0.15, 0.2) is 0 Å². The average Bonchev–Trinajstić information content (AvgIpc) is 2.93. The number of nitrogens with one attached hydrogen (secondary N) is 1. The Morgan fingerprint density at radius 1 is 1.00 bits per heavy atom. The molecule has 5 nitrogen and oxygen atoms in total. The van der Waals surface area contributed by atoms with Crippen molar-refractivity contribution < 1.29 is 13.2 Å². The molecule has 0 bridgehead atoms.